The van der Waals surface area contributed by atoms with Crippen LogP contribution in [0.15, 0.2) is 54.3 Å². The number of aliphatic hydroxyl groups is 6. The zero-order valence-electron chi connectivity index (χ0n) is 15.8. The van der Waals surface area contributed by atoms with Gasteiger partial charge < -0.3 is 30.6 Å². The number of aliphatic hydroxyl groups excluding tert-OH is 6. The number of fused-ring (bicyclic) bond motifs is 2. The zero-order valence-corrected chi connectivity index (χ0v) is 15.8. The lowest BCUT2D eigenvalue weighted by Gasteiger charge is -2.32. The van der Waals surface area contributed by atoms with Gasteiger partial charge in [-0.3, -0.25) is 0 Å². The Bertz CT molecular complexity index is 878. The highest BCUT2D eigenvalue weighted by atomic mass is 16.4. The van der Waals surface area contributed by atoms with Gasteiger partial charge in [-0.1, -0.05) is 48.5 Å². The fourth-order valence-corrected chi connectivity index (χ4v) is 4.15. The molecular formula is C22H26O6. The molecule has 0 spiro atoms. The highest BCUT2D eigenvalue weighted by Crippen LogP contribution is 2.53. The monoisotopic (exact) mass is 386 g/mol. The first kappa shape index (κ1) is 20.5. The summed E-state index contributed by atoms with van der Waals surface area (Å²) in [7, 11) is 0. The topological polar surface area (TPSA) is 121 Å². The second-order valence-electron chi connectivity index (χ2n) is 7.41. The Balaban J connectivity index is 2.15. The van der Waals surface area contributed by atoms with Gasteiger partial charge in [-0.25, -0.2) is 0 Å². The molecule has 0 fully saturated rings. The van der Waals surface area contributed by atoms with E-state index in [0.29, 0.717) is 5.57 Å². The molecule has 3 rings (SSSR count). The van der Waals surface area contributed by atoms with Gasteiger partial charge in [0.1, 0.15) is 30.2 Å². The SMILES string of the molecule is Cc1c2cccc1C(C)(c1ccccc1)C2=C(O)[C@H](O)[C@@H](O)[C@H](O)[C@H](O)CO. The number of allylic oxidation sites excluding steroid dienone is 1. The molecule has 150 valence electrons. The van der Waals surface area contributed by atoms with Crippen molar-refractivity contribution in [2.75, 3.05) is 6.61 Å². The molecule has 0 saturated carbocycles. The Labute approximate surface area is 163 Å². The lowest BCUT2D eigenvalue weighted by Crippen LogP contribution is -2.47. The van der Waals surface area contributed by atoms with Crippen LogP contribution >= 0.6 is 0 Å². The fourth-order valence-electron chi connectivity index (χ4n) is 4.15. The Morgan fingerprint density at radius 2 is 1.57 bits per heavy atom. The molecule has 0 aliphatic heterocycles. The summed E-state index contributed by atoms with van der Waals surface area (Å²) in [6.07, 6.45) is -7.19. The number of benzene rings is 2. The highest BCUT2D eigenvalue weighted by Gasteiger charge is 2.45. The molecule has 0 saturated heterocycles. The maximum Gasteiger partial charge on any atom is 0.139 e. The fraction of sp³-hybridized carbons (Fsp3) is 0.364. The molecule has 6 N–H and O–H groups in total. The molecule has 2 aromatic rings. The molecule has 6 heteroatoms. The van der Waals surface area contributed by atoms with Crippen LogP contribution < -0.4 is 0 Å². The minimum absolute atomic E-state index is 0.438. The predicted octanol–water partition coefficient (Wildman–Crippen LogP) is 1.02. The van der Waals surface area contributed by atoms with Crippen molar-refractivity contribution in [3.63, 3.8) is 0 Å². The zero-order chi connectivity index (χ0) is 20.6. The summed E-state index contributed by atoms with van der Waals surface area (Å²) >= 11 is 0. The van der Waals surface area contributed by atoms with Crippen LogP contribution in [-0.2, 0) is 5.41 Å². The lowest BCUT2D eigenvalue weighted by molar-refractivity contribution is -0.112. The van der Waals surface area contributed by atoms with Crippen LogP contribution in [0.4, 0.5) is 0 Å². The number of hydrogen-bond donors (Lipinski definition) is 6. The van der Waals surface area contributed by atoms with E-state index in [9.17, 15) is 25.5 Å². The van der Waals surface area contributed by atoms with Gasteiger partial charge >= 0.3 is 0 Å². The van der Waals surface area contributed by atoms with Crippen LogP contribution in [0.2, 0.25) is 0 Å². The molecular weight excluding hydrogens is 360 g/mol. The molecule has 1 unspecified atom stereocenters. The first-order valence-corrected chi connectivity index (χ1v) is 9.17. The average molecular weight is 386 g/mol. The molecule has 0 heterocycles. The summed E-state index contributed by atoms with van der Waals surface area (Å²) in [4.78, 5) is 0. The lowest BCUT2D eigenvalue weighted by atomic mass is 9.73. The standard InChI is InChI=1S/C22H26O6/c1-12-14-9-6-10-15(12)22(2,13-7-4-3-5-8-13)17(14)19(26)21(28)20(27)18(25)16(24)11-23/h3-10,16,18,20-21,23-28H,11H2,1-2H3/t16-,18-,20+,21+,22?/m1/s1. The molecule has 1 aliphatic rings. The van der Waals surface area contributed by atoms with Gasteiger partial charge in [0.05, 0.1) is 6.61 Å². The Hall–Kier alpha value is -2.22. The van der Waals surface area contributed by atoms with E-state index in [4.69, 9.17) is 5.11 Å². The molecule has 1 aliphatic carbocycles. The highest BCUT2D eigenvalue weighted by molar-refractivity contribution is 5.88. The van der Waals surface area contributed by atoms with Gasteiger partial charge in [0.2, 0.25) is 0 Å². The normalized spacial score (nSPS) is 24.5. The van der Waals surface area contributed by atoms with Gasteiger partial charge in [-0.15, -0.1) is 0 Å². The molecule has 28 heavy (non-hydrogen) atoms. The van der Waals surface area contributed by atoms with Crippen molar-refractivity contribution >= 4 is 5.57 Å². The van der Waals surface area contributed by atoms with E-state index in [1.165, 1.54) is 0 Å². The van der Waals surface area contributed by atoms with E-state index >= 15 is 0 Å². The first-order chi connectivity index (χ1) is 13.2. The van der Waals surface area contributed by atoms with Crippen LogP contribution in [0.3, 0.4) is 0 Å². The van der Waals surface area contributed by atoms with E-state index in [0.717, 1.165) is 22.3 Å². The van der Waals surface area contributed by atoms with Crippen LogP contribution in [0.1, 0.15) is 29.2 Å². The molecule has 0 amide bonds. The second kappa shape index (κ2) is 7.66. The smallest absolute Gasteiger partial charge is 0.139 e. The van der Waals surface area contributed by atoms with E-state index in [2.05, 4.69) is 0 Å². The molecule has 2 aromatic carbocycles. The third kappa shape index (κ3) is 3.03. The Kier molecular flexibility index (Phi) is 5.61. The maximum absolute atomic E-state index is 11.0. The van der Waals surface area contributed by atoms with E-state index in [1.807, 2.05) is 62.4 Å². The van der Waals surface area contributed by atoms with E-state index < -0.39 is 42.2 Å². The quantitative estimate of drug-likeness (QED) is 0.412. The Morgan fingerprint density at radius 3 is 2.18 bits per heavy atom. The summed E-state index contributed by atoms with van der Waals surface area (Å²) in [6, 6.07) is 15.2. The maximum atomic E-state index is 11.0. The molecule has 0 aromatic heterocycles. The molecule has 2 bridgehead atoms. The molecule has 6 nitrogen and oxygen atoms in total. The van der Waals surface area contributed by atoms with Crippen molar-refractivity contribution in [3.05, 3.63) is 76.5 Å². The van der Waals surface area contributed by atoms with Crippen LogP contribution in [0, 0.1) is 6.92 Å². The van der Waals surface area contributed by atoms with Crippen LogP contribution in [0.5, 0.6) is 0 Å². The average Bonchev–Trinajstić information content (AvgIpc) is 2.83. The van der Waals surface area contributed by atoms with E-state index in [1.54, 1.807) is 0 Å². The minimum atomic E-state index is -1.88. The summed E-state index contributed by atoms with van der Waals surface area (Å²) in [5.41, 5.74) is 3.23. The first-order valence-electron chi connectivity index (χ1n) is 9.17. The van der Waals surface area contributed by atoms with Gasteiger partial charge in [-0.2, -0.15) is 0 Å². The van der Waals surface area contributed by atoms with E-state index in [-0.39, 0.29) is 0 Å². The van der Waals surface area contributed by atoms with Gasteiger partial charge in [0, 0.05) is 11.0 Å². The third-order valence-corrected chi connectivity index (χ3v) is 5.78. The number of rotatable bonds is 6. The van der Waals surface area contributed by atoms with Gasteiger partial charge in [-0.05, 0) is 36.1 Å². The van der Waals surface area contributed by atoms with Crippen molar-refractivity contribution in [2.45, 2.75) is 43.7 Å². The van der Waals surface area contributed by atoms with Crippen molar-refractivity contribution in [2.24, 2.45) is 0 Å². The van der Waals surface area contributed by atoms with Gasteiger partial charge in [0.25, 0.3) is 0 Å². The van der Waals surface area contributed by atoms with Crippen molar-refractivity contribution in [1.29, 1.82) is 0 Å². The summed E-state index contributed by atoms with van der Waals surface area (Å²) in [6.45, 7) is 3.07. The van der Waals surface area contributed by atoms with Crippen molar-refractivity contribution in [3.8, 4) is 0 Å². The largest absolute Gasteiger partial charge is 0.509 e. The molecule has 5 atom stereocenters. The van der Waals surface area contributed by atoms with Crippen molar-refractivity contribution < 1.29 is 30.6 Å². The minimum Gasteiger partial charge on any atom is -0.509 e. The second-order valence-corrected chi connectivity index (χ2v) is 7.41. The van der Waals surface area contributed by atoms with Crippen LogP contribution in [-0.4, -0.2) is 61.7 Å². The van der Waals surface area contributed by atoms with Crippen LogP contribution in [0.25, 0.3) is 5.57 Å². The third-order valence-electron chi connectivity index (χ3n) is 5.78. The summed E-state index contributed by atoms with van der Waals surface area (Å²) in [5, 5.41) is 60.3. The van der Waals surface area contributed by atoms with Gasteiger partial charge in [0.15, 0.2) is 0 Å². The summed E-state index contributed by atoms with van der Waals surface area (Å²) in [5.74, 6) is -0.479. The van der Waals surface area contributed by atoms with Crippen molar-refractivity contribution in [1.82, 2.24) is 0 Å². The predicted molar refractivity (Wildman–Crippen MR) is 105 cm³/mol. The molecule has 0 radical (unpaired) electrons. The number of hydrogen-bond acceptors (Lipinski definition) is 6. The Morgan fingerprint density at radius 1 is 0.929 bits per heavy atom. The summed E-state index contributed by atoms with van der Waals surface area (Å²) < 4.78 is 0.